The number of rotatable bonds is 7. The van der Waals surface area contributed by atoms with Crippen molar-refractivity contribution in [3.05, 3.63) is 52.0 Å². The smallest absolute Gasteiger partial charge is 0.262 e. The lowest BCUT2D eigenvalue weighted by atomic mass is 10.3. The summed E-state index contributed by atoms with van der Waals surface area (Å²) in [6.07, 6.45) is 0.955. The van der Waals surface area contributed by atoms with E-state index in [4.69, 9.17) is 21.1 Å². The highest BCUT2D eigenvalue weighted by atomic mass is 79.9. The summed E-state index contributed by atoms with van der Waals surface area (Å²) in [5.41, 5.74) is 0.548. The molecule has 0 heterocycles. The van der Waals surface area contributed by atoms with Crippen molar-refractivity contribution in [3.8, 4) is 11.5 Å². The molecule has 0 saturated carbocycles. The topological polar surface area (TPSA) is 47.6 Å². The number of anilines is 1. The Morgan fingerprint density at radius 3 is 2.39 bits per heavy atom. The fraction of sp³-hybridized carbons (Fsp3) is 0.235. The second-order valence-corrected chi connectivity index (χ2v) is 6.10. The van der Waals surface area contributed by atoms with Gasteiger partial charge in [0.15, 0.2) is 6.61 Å². The molecule has 0 aromatic heterocycles. The highest BCUT2D eigenvalue weighted by Crippen LogP contribution is 2.25. The molecule has 0 spiro atoms. The zero-order chi connectivity index (χ0) is 16.7. The van der Waals surface area contributed by atoms with Crippen LogP contribution in [0.3, 0.4) is 0 Å². The molecular formula is C17H17BrClNO3. The van der Waals surface area contributed by atoms with E-state index in [1.54, 1.807) is 30.3 Å². The lowest BCUT2D eigenvalue weighted by Gasteiger charge is -2.10. The Labute approximate surface area is 148 Å². The van der Waals surface area contributed by atoms with Gasteiger partial charge in [0.2, 0.25) is 0 Å². The molecule has 0 bridgehead atoms. The van der Waals surface area contributed by atoms with Crippen LogP contribution in [-0.4, -0.2) is 19.1 Å². The van der Waals surface area contributed by atoms with Crippen LogP contribution in [0, 0.1) is 0 Å². The van der Waals surface area contributed by atoms with Crippen molar-refractivity contribution >= 4 is 39.1 Å². The molecule has 0 fully saturated rings. The first-order valence-electron chi connectivity index (χ1n) is 7.19. The van der Waals surface area contributed by atoms with E-state index < -0.39 is 0 Å². The Kier molecular flexibility index (Phi) is 6.74. The van der Waals surface area contributed by atoms with Crippen LogP contribution < -0.4 is 14.8 Å². The monoisotopic (exact) mass is 397 g/mol. The number of carbonyl (C=O) groups is 1. The Morgan fingerprint density at radius 1 is 1.13 bits per heavy atom. The molecule has 6 heteroatoms. The molecule has 0 aliphatic carbocycles. The molecule has 122 valence electrons. The first kappa shape index (κ1) is 17.6. The minimum atomic E-state index is -0.277. The number of hydrogen-bond acceptors (Lipinski definition) is 3. The molecule has 0 atom stereocenters. The van der Waals surface area contributed by atoms with E-state index in [0.717, 1.165) is 16.6 Å². The highest BCUT2D eigenvalue weighted by Gasteiger charge is 2.07. The molecule has 2 aromatic carbocycles. The Hall–Kier alpha value is -1.72. The van der Waals surface area contributed by atoms with Crippen molar-refractivity contribution in [1.82, 2.24) is 0 Å². The average Bonchev–Trinajstić information content (AvgIpc) is 2.54. The summed E-state index contributed by atoms with van der Waals surface area (Å²) in [6, 6.07) is 12.4. The molecule has 1 N–H and O–H groups in total. The maximum absolute atomic E-state index is 11.9. The van der Waals surface area contributed by atoms with Gasteiger partial charge in [0.1, 0.15) is 11.5 Å². The Morgan fingerprint density at radius 2 is 1.78 bits per heavy atom. The number of benzene rings is 2. The summed E-state index contributed by atoms with van der Waals surface area (Å²) in [5, 5.41) is 3.17. The van der Waals surface area contributed by atoms with Crippen LogP contribution in [0.4, 0.5) is 5.69 Å². The number of amides is 1. The fourth-order valence-electron chi connectivity index (χ4n) is 1.78. The van der Waals surface area contributed by atoms with E-state index in [1.807, 2.05) is 19.1 Å². The normalized spacial score (nSPS) is 10.2. The van der Waals surface area contributed by atoms with Gasteiger partial charge < -0.3 is 14.8 Å². The maximum Gasteiger partial charge on any atom is 0.262 e. The van der Waals surface area contributed by atoms with Gasteiger partial charge in [0.05, 0.1) is 17.3 Å². The quantitative estimate of drug-likeness (QED) is 0.721. The number of carbonyl (C=O) groups excluding carboxylic acids is 1. The third-order valence-electron chi connectivity index (χ3n) is 2.87. The number of ether oxygens (including phenoxy) is 2. The van der Waals surface area contributed by atoms with Crippen LogP contribution in [0.2, 0.25) is 5.02 Å². The van der Waals surface area contributed by atoms with Crippen molar-refractivity contribution in [2.45, 2.75) is 13.3 Å². The van der Waals surface area contributed by atoms with Crippen LogP contribution in [0.25, 0.3) is 0 Å². The van der Waals surface area contributed by atoms with Crippen LogP contribution in [0.5, 0.6) is 11.5 Å². The summed E-state index contributed by atoms with van der Waals surface area (Å²) in [5.74, 6) is 1.11. The molecule has 1 amide bonds. The van der Waals surface area contributed by atoms with E-state index in [0.29, 0.717) is 23.1 Å². The van der Waals surface area contributed by atoms with Crippen molar-refractivity contribution in [3.63, 3.8) is 0 Å². The van der Waals surface area contributed by atoms with Crippen molar-refractivity contribution in [2.24, 2.45) is 0 Å². The van der Waals surface area contributed by atoms with E-state index >= 15 is 0 Å². The first-order chi connectivity index (χ1) is 11.1. The summed E-state index contributed by atoms with van der Waals surface area (Å²) >= 11 is 9.36. The predicted molar refractivity (Wildman–Crippen MR) is 95.5 cm³/mol. The van der Waals surface area contributed by atoms with Crippen molar-refractivity contribution in [2.75, 3.05) is 18.5 Å². The molecule has 4 nitrogen and oxygen atoms in total. The molecule has 0 unspecified atom stereocenters. The zero-order valence-electron chi connectivity index (χ0n) is 12.6. The molecule has 2 aromatic rings. The van der Waals surface area contributed by atoms with Gasteiger partial charge in [0, 0.05) is 4.47 Å². The maximum atomic E-state index is 11.9. The van der Waals surface area contributed by atoms with E-state index in [2.05, 4.69) is 21.2 Å². The summed E-state index contributed by atoms with van der Waals surface area (Å²) in [6.45, 7) is 2.63. The van der Waals surface area contributed by atoms with Gasteiger partial charge in [-0.3, -0.25) is 4.79 Å². The Balaban J connectivity index is 1.84. The van der Waals surface area contributed by atoms with Gasteiger partial charge in [-0.05, 0) is 48.9 Å². The summed E-state index contributed by atoms with van der Waals surface area (Å²) in [7, 11) is 0. The van der Waals surface area contributed by atoms with Gasteiger partial charge in [-0.1, -0.05) is 34.5 Å². The van der Waals surface area contributed by atoms with Crippen LogP contribution in [0.15, 0.2) is 46.9 Å². The Bertz CT molecular complexity index is 661. The molecule has 0 radical (unpaired) electrons. The van der Waals surface area contributed by atoms with Gasteiger partial charge in [-0.25, -0.2) is 0 Å². The molecule has 23 heavy (non-hydrogen) atoms. The number of hydrogen-bond donors (Lipinski definition) is 1. The van der Waals surface area contributed by atoms with Crippen LogP contribution in [0.1, 0.15) is 13.3 Å². The fourth-order valence-corrected chi connectivity index (χ4v) is 2.50. The van der Waals surface area contributed by atoms with Crippen molar-refractivity contribution in [1.29, 1.82) is 0 Å². The van der Waals surface area contributed by atoms with Crippen molar-refractivity contribution < 1.29 is 14.3 Å². The van der Waals surface area contributed by atoms with E-state index in [-0.39, 0.29) is 12.5 Å². The van der Waals surface area contributed by atoms with E-state index in [1.165, 1.54) is 0 Å². The van der Waals surface area contributed by atoms with Crippen LogP contribution >= 0.6 is 27.5 Å². The van der Waals surface area contributed by atoms with Gasteiger partial charge in [0.25, 0.3) is 5.91 Å². The lowest BCUT2D eigenvalue weighted by molar-refractivity contribution is -0.118. The molecular weight excluding hydrogens is 382 g/mol. The average molecular weight is 399 g/mol. The largest absolute Gasteiger partial charge is 0.494 e. The molecule has 0 aliphatic heterocycles. The van der Waals surface area contributed by atoms with Gasteiger partial charge in [-0.15, -0.1) is 0 Å². The minimum absolute atomic E-state index is 0.0957. The molecule has 0 aliphatic rings. The lowest BCUT2D eigenvalue weighted by Crippen LogP contribution is -2.20. The standard InChI is InChI=1S/C17H17BrClNO3/c1-2-9-22-13-4-6-14(7-5-13)23-11-17(21)20-16-8-3-12(18)10-15(16)19/h3-8,10H,2,9,11H2,1H3,(H,20,21). The minimum Gasteiger partial charge on any atom is -0.494 e. The zero-order valence-corrected chi connectivity index (χ0v) is 15.0. The van der Waals surface area contributed by atoms with E-state index in [9.17, 15) is 4.79 Å². The highest BCUT2D eigenvalue weighted by molar-refractivity contribution is 9.10. The predicted octanol–water partition coefficient (Wildman–Crippen LogP) is 4.91. The molecule has 0 saturated heterocycles. The number of halogens is 2. The van der Waals surface area contributed by atoms with Gasteiger partial charge >= 0.3 is 0 Å². The third-order valence-corrected chi connectivity index (χ3v) is 3.68. The summed E-state index contributed by atoms with van der Waals surface area (Å²) in [4.78, 5) is 11.9. The SMILES string of the molecule is CCCOc1ccc(OCC(=O)Nc2ccc(Br)cc2Cl)cc1. The summed E-state index contributed by atoms with van der Waals surface area (Å²) < 4.78 is 11.8. The first-order valence-corrected chi connectivity index (χ1v) is 8.36. The second-order valence-electron chi connectivity index (χ2n) is 4.78. The molecule has 2 rings (SSSR count). The third kappa shape index (κ3) is 5.77. The number of nitrogens with one attached hydrogen (secondary N) is 1. The van der Waals surface area contributed by atoms with Gasteiger partial charge in [-0.2, -0.15) is 0 Å². The second kappa shape index (κ2) is 8.79. The van der Waals surface area contributed by atoms with Crippen LogP contribution in [-0.2, 0) is 4.79 Å².